The van der Waals surface area contributed by atoms with Crippen molar-refractivity contribution < 1.29 is 4.79 Å². The maximum atomic E-state index is 10.2. The van der Waals surface area contributed by atoms with Crippen molar-refractivity contribution in [1.29, 1.82) is 0 Å². The molecule has 0 fully saturated rings. The molecule has 1 aromatic heterocycles. The molecule has 0 aliphatic rings. The molecule has 0 unspecified atom stereocenters. The lowest BCUT2D eigenvalue weighted by atomic mass is 10.6. The van der Waals surface area contributed by atoms with E-state index in [1.54, 1.807) is 0 Å². The summed E-state index contributed by atoms with van der Waals surface area (Å²) in [5.41, 5.74) is 4.81. The highest BCUT2D eigenvalue weighted by molar-refractivity contribution is 5.71. The van der Waals surface area contributed by atoms with Crippen molar-refractivity contribution >= 4 is 6.03 Å². The number of nitrogens with two attached hydrogens (primary N) is 1. The van der Waals surface area contributed by atoms with Crippen LogP contribution in [0.3, 0.4) is 0 Å². The van der Waals surface area contributed by atoms with Crippen molar-refractivity contribution in [3.8, 4) is 0 Å². The number of nitrogens with one attached hydrogen (secondary N) is 1. The van der Waals surface area contributed by atoms with Gasteiger partial charge in [0, 0.05) is 6.54 Å². The summed E-state index contributed by atoms with van der Waals surface area (Å²) in [6.45, 7) is 0.868. The Hall–Kier alpha value is -1.66. The lowest BCUT2D eigenvalue weighted by molar-refractivity contribution is 0.248. The maximum absolute atomic E-state index is 10.2. The van der Waals surface area contributed by atoms with Crippen molar-refractivity contribution in [2.24, 2.45) is 5.73 Å². The van der Waals surface area contributed by atoms with Crippen molar-refractivity contribution in [3.05, 3.63) is 6.33 Å². The van der Waals surface area contributed by atoms with E-state index in [9.17, 15) is 4.79 Å². The topological polar surface area (TPSA) is 98.7 Å². The summed E-state index contributed by atoms with van der Waals surface area (Å²) in [5.74, 6) is 0. The van der Waals surface area contributed by atoms with Gasteiger partial charge in [-0.3, -0.25) is 0 Å². The summed E-state index contributed by atoms with van der Waals surface area (Å²) in [7, 11) is 0. The standard InChI is InChI=1S/C4H7N6O/c5-4(11)6-1-2-10-3-7-8-9-10/h1-2H2,(H3,5,6,11). The summed E-state index contributed by atoms with van der Waals surface area (Å²) >= 11 is 0. The van der Waals surface area contributed by atoms with Gasteiger partial charge in [0.1, 0.15) is 0 Å². The van der Waals surface area contributed by atoms with Crippen LogP contribution in [0.25, 0.3) is 0 Å². The van der Waals surface area contributed by atoms with Crippen LogP contribution in [0, 0.1) is 6.33 Å². The van der Waals surface area contributed by atoms with Gasteiger partial charge in [-0.15, -0.1) is 5.10 Å². The second-order valence-corrected chi connectivity index (χ2v) is 1.79. The third-order valence-electron chi connectivity index (χ3n) is 0.976. The lowest BCUT2D eigenvalue weighted by Crippen LogP contribution is -2.32. The normalized spacial score (nSPS) is 9.45. The fraction of sp³-hybridized carbons (Fsp3) is 0.500. The summed E-state index contributed by atoms with van der Waals surface area (Å²) in [5, 5.41) is 12.5. The molecular formula is C4H7N6O. The van der Waals surface area contributed by atoms with Gasteiger partial charge in [0.2, 0.25) is 6.33 Å². The molecule has 0 spiro atoms. The van der Waals surface area contributed by atoms with E-state index in [4.69, 9.17) is 5.73 Å². The molecule has 0 saturated carbocycles. The molecule has 0 saturated heterocycles. The first-order valence-corrected chi connectivity index (χ1v) is 2.96. The van der Waals surface area contributed by atoms with Gasteiger partial charge in [0.15, 0.2) is 0 Å². The number of aromatic nitrogens is 4. The van der Waals surface area contributed by atoms with Gasteiger partial charge < -0.3 is 11.1 Å². The number of nitrogens with zero attached hydrogens (tertiary/aromatic N) is 4. The van der Waals surface area contributed by atoms with Crippen molar-refractivity contribution in [2.45, 2.75) is 6.54 Å². The molecule has 7 nitrogen and oxygen atoms in total. The van der Waals surface area contributed by atoms with Gasteiger partial charge in [-0.25, -0.2) is 9.48 Å². The molecule has 1 rings (SSSR count). The summed E-state index contributed by atoms with van der Waals surface area (Å²) in [6, 6.07) is -0.557. The van der Waals surface area contributed by atoms with Crippen LogP contribution < -0.4 is 11.1 Å². The second kappa shape index (κ2) is 3.49. The van der Waals surface area contributed by atoms with Crippen molar-refractivity contribution in [1.82, 2.24) is 25.5 Å². The molecule has 1 aromatic rings. The zero-order valence-electron chi connectivity index (χ0n) is 5.69. The van der Waals surface area contributed by atoms with E-state index >= 15 is 0 Å². The van der Waals surface area contributed by atoms with Crippen molar-refractivity contribution in [3.63, 3.8) is 0 Å². The largest absolute Gasteiger partial charge is 0.352 e. The van der Waals surface area contributed by atoms with E-state index < -0.39 is 6.03 Å². The third kappa shape index (κ3) is 2.61. The SMILES string of the molecule is NC(=O)NCCn1[c]nnn1. The van der Waals surface area contributed by atoms with Gasteiger partial charge in [0.25, 0.3) is 0 Å². The van der Waals surface area contributed by atoms with E-state index in [0.29, 0.717) is 13.1 Å². The van der Waals surface area contributed by atoms with Crippen molar-refractivity contribution in [2.75, 3.05) is 6.54 Å². The molecule has 2 amide bonds. The van der Waals surface area contributed by atoms with Gasteiger partial charge in [-0.1, -0.05) is 0 Å². The highest BCUT2D eigenvalue weighted by Crippen LogP contribution is 1.73. The summed E-state index contributed by atoms with van der Waals surface area (Å²) in [4.78, 5) is 10.2. The molecular weight excluding hydrogens is 148 g/mol. The van der Waals surface area contributed by atoms with E-state index in [1.807, 2.05) is 0 Å². The predicted molar refractivity (Wildman–Crippen MR) is 34.2 cm³/mol. The number of primary amides is 1. The second-order valence-electron chi connectivity index (χ2n) is 1.79. The van der Waals surface area contributed by atoms with Gasteiger partial charge in [-0.2, -0.15) is 0 Å². The van der Waals surface area contributed by atoms with Crippen LogP contribution in [0.4, 0.5) is 4.79 Å². The van der Waals surface area contributed by atoms with Crippen LogP contribution in [0.15, 0.2) is 0 Å². The molecule has 1 radical (unpaired) electrons. The summed E-state index contributed by atoms with van der Waals surface area (Å²) < 4.78 is 1.37. The zero-order valence-corrected chi connectivity index (χ0v) is 5.69. The number of amides is 2. The predicted octanol–water partition coefficient (Wildman–Crippen LogP) is -1.86. The number of carbonyl (C=O) groups is 1. The Morgan fingerprint density at radius 1 is 1.73 bits per heavy atom. The van der Waals surface area contributed by atoms with Crippen LogP contribution in [-0.2, 0) is 6.54 Å². The Balaban J connectivity index is 2.19. The molecule has 11 heavy (non-hydrogen) atoms. The van der Waals surface area contributed by atoms with E-state index in [1.165, 1.54) is 4.68 Å². The monoisotopic (exact) mass is 155 g/mol. The molecule has 0 aromatic carbocycles. The van der Waals surface area contributed by atoms with Gasteiger partial charge in [-0.05, 0) is 10.4 Å². The number of hydrogen-bond donors (Lipinski definition) is 2. The average Bonchev–Trinajstić information content (AvgIpc) is 2.39. The Kier molecular flexibility index (Phi) is 2.37. The molecule has 7 heteroatoms. The number of tetrazole rings is 1. The quantitative estimate of drug-likeness (QED) is 0.534. The molecule has 0 bridgehead atoms. The van der Waals surface area contributed by atoms with E-state index in [0.717, 1.165) is 0 Å². The minimum atomic E-state index is -0.557. The Morgan fingerprint density at radius 2 is 2.55 bits per heavy atom. The maximum Gasteiger partial charge on any atom is 0.312 e. The van der Waals surface area contributed by atoms with Crippen LogP contribution in [-0.4, -0.2) is 32.8 Å². The first-order chi connectivity index (χ1) is 5.29. The third-order valence-corrected chi connectivity index (χ3v) is 0.976. The number of carbonyl (C=O) groups excluding carboxylic acids is 1. The first kappa shape index (κ1) is 7.45. The minimum absolute atomic E-state index is 0.400. The molecule has 1 heterocycles. The highest BCUT2D eigenvalue weighted by Gasteiger charge is 1.93. The van der Waals surface area contributed by atoms with Crippen LogP contribution in [0.5, 0.6) is 0 Å². The molecule has 0 aliphatic carbocycles. The molecule has 0 aliphatic heterocycles. The molecule has 59 valence electrons. The Labute approximate surface area is 62.6 Å². The minimum Gasteiger partial charge on any atom is -0.352 e. The first-order valence-electron chi connectivity index (χ1n) is 2.96. The van der Waals surface area contributed by atoms with Gasteiger partial charge in [0.05, 0.1) is 6.54 Å². The lowest BCUT2D eigenvalue weighted by Gasteiger charge is -1.98. The smallest absolute Gasteiger partial charge is 0.312 e. The van der Waals surface area contributed by atoms with Crippen LogP contribution in [0.2, 0.25) is 0 Å². The zero-order chi connectivity index (χ0) is 8.10. The van der Waals surface area contributed by atoms with Crippen LogP contribution in [0.1, 0.15) is 0 Å². The van der Waals surface area contributed by atoms with Gasteiger partial charge >= 0.3 is 6.03 Å². The average molecular weight is 155 g/mol. The molecule has 3 N–H and O–H groups in total. The van der Waals surface area contributed by atoms with E-state index in [-0.39, 0.29) is 0 Å². The number of hydrogen-bond acceptors (Lipinski definition) is 4. The Morgan fingerprint density at radius 3 is 3.09 bits per heavy atom. The fourth-order valence-corrected chi connectivity index (χ4v) is 0.540. The van der Waals surface area contributed by atoms with E-state index in [2.05, 4.69) is 27.2 Å². The molecule has 0 atom stereocenters. The number of urea groups is 1. The van der Waals surface area contributed by atoms with Crippen LogP contribution >= 0.6 is 0 Å². The fourth-order valence-electron chi connectivity index (χ4n) is 0.540. The summed E-state index contributed by atoms with van der Waals surface area (Å²) in [6.07, 6.45) is 2.46. The highest BCUT2D eigenvalue weighted by atomic mass is 16.2. The Bertz CT molecular complexity index is 218. The number of rotatable bonds is 3.